The second-order valence-corrected chi connectivity index (χ2v) is 6.34. The number of likely N-dealkylation sites (tertiary alicyclic amines) is 1. The van der Waals surface area contributed by atoms with Crippen molar-refractivity contribution >= 4 is 17.2 Å². The van der Waals surface area contributed by atoms with Crippen molar-refractivity contribution in [1.82, 2.24) is 15.2 Å². The van der Waals surface area contributed by atoms with Crippen LogP contribution in [-0.2, 0) is 0 Å². The molecule has 1 aromatic carbocycles. The summed E-state index contributed by atoms with van der Waals surface area (Å²) in [5, 5.41) is 5.41. The Kier molecular flexibility index (Phi) is 4.49. The molecular weight excluding hydrogens is 301 g/mol. The number of carbonyl (C=O) groups is 1. The Morgan fingerprint density at radius 1 is 1.50 bits per heavy atom. The van der Waals surface area contributed by atoms with Crippen LogP contribution in [0, 0.1) is 11.7 Å². The van der Waals surface area contributed by atoms with Gasteiger partial charge in [-0.1, -0.05) is 12.1 Å². The Bertz CT molecular complexity index is 673. The van der Waals surface area contributed by atoms with Gasteiger partial charge in [0, 0.05) is 24.0 Å². The summed E-state index contributed by atoms with van der Waals surface area (Å²) in [5.41, 5.74) is 0.856. The molecule has 22 heavy (non-hydrogen) atoms. The van der Waals surface area contributed by atoms with Crippen molar-refractivity contribution < 1.29 is 9.18 Å². The van der Waals surface area contributed by atoms with Crippen LogP contribution >= 0.6 is 11.3 Å². The lowest BCUT2D eigenvalue weighted by Gasteiger charge is -2.15. The minimum Gasteiger partial charge on any atom is -0.337 e. The van der Waals surface area contributed by atoms with E-state index in [-0.39, 0.29) is 11.7 Å². The van der Waals surface area contributed by atoms with E-state index in [1.165, 1.54) is 17.4 Å². The van der Waals surface area contributed by atoms with Crippen molar-refractivity contribution in [3.63, 3.8) is 0 Å². The van der Waals surface area contributed by atoms with Crippen LogP contribution < -0.4 is 5.32 Å². The summed E-state index contributed by atoms with van der Waals surface area (Å²) in [6, 6.07) is 6.50. The first-order valence-corrected chi connectivity index (χ1v) is 8.21. The van der Waals surface area contributed by atoms with Gasteiger partial charge in [-0.2, -0.15) is 0 Å². The maximum atomic E-state index is 13.8. The molecule has 1 aliphatic heterocycles. The number of halogens is 1. The summed E-state index contributed by atoms with van der Waals surface area (Å²) < 4.78 is 13.8. The predicted octanol–water partition coefficient (Wildman–Crippen LogP) is 2.63. The van der Waals surface area contributed by atoms with Gasteiger partial charge < -0.3 is 10.2 Å². The quantitative estimate of drug-likeness (QED) is 0.942. The number of benzene rings is 1. The molecule has 0 radical (unpaired) electrons. The molecule has 1 aliphatic rings. The second-order valence-electron chi connectivity index (χ2n) is 5.48. The highest BCUT2D eigenvalue weighted by Crippen LogP contribution is 2.27. The average Bonchev–Trinajstić information content (AvgIpc) is 3.17. The molecule has 6 heteroatoms. The highest BCUT2D eigenvalue weighted by atomic mass is 32.1. The standard InChI is InChI=1S/C16H18FN3OS/c1-18-8-11-6-7-20(9-11)16(21)14-10-22-15(19-14)12-4-2-3-5-13(12)17/h2-5,10-11,18H,6-9H2,1H3. The molecule has 0 spiro atoms. The highest BCUT2D eigenvalue weighted by molar-refractivity contribution is 7.13. The van der Waals surface area contributed by atoms with Gasteiger partial charge in [0.1, 0.15) is 16.5 Å². The predicted molar refractivity (Wildman–Crippen MR) is 85.4 cm³/mol. The SMILES string of the molecule is CNCC1CCN(C(=O)c2csc(-c3ccccc3F)n2)C1. The molecule has 1 atom stereocenters. The monoisotopic (exact) mass is 319 g/mol. The lowest BCUT2D eigenvalue weighted by molar-refractivity contribution is 0.0782. The zero-order chi connectivity index (χ0) is 15.5. The van der Waals surface area contributed by atoms with E-state index in [1.54, 1.807) is 23.6 Å². The third-order valence-corrected chi connectivity index (χ3v) is 4.77. The van der Waals surface area contributed by atoms with Crippen molar-refractivity contribution in [2.75, 3.05) is 26.7 Å². The molecule has 1 aromatic heterocycles. The van der Waals surface area contributed by atoms with Gasteiger partial charge in [0.25, 0.3) is 5.91 Å². The molecule has 2 aromatic rings. The summed E-state index contributed by atoms with van der Waals surface area (Å²) in [6.07, 6.45) is 1.01. The fourth-order valence-electron chi connectivity index (χ4n) is 2.76. The van der Waals surface area contributed by atoms with Crippen LogP contribution in [0.3, 0.4) is 0 Å². The zero-order valence-corrected chi connectivity index (χ0v) is 13.2. The topological polar surface area (TPSA) is 45.2 Å². The minimum absolute atomic E-state index is 0.0579. The minimum atomic E-state index is -0.314. The molecule has 1 saturated heterocycles. The van der Waals surface area contributed by atoms with Gasteiger partial charge in [0.15, 0.2) is 0 Å². The molecule has 0 bridgehead atoms. The van der Waals surface area contributed by atoms with Gasteiger partial charge in [-0.05, 0) is 38.1 Å². The molecule has 116 valence electrons. The van der Waals surface area contributed by atoms with Gasteiger partial charge in [0.2, 0.25) is 0 Å². The van der Waals surface area contributed by atoms with Gasteiger partial charge in [-0.15, -0.1) is 11.3 Å². The van der Waals surface area contributed by atoms with Crippen LogP contribution in [0.1, 0.15) is 16.9 Å². The molecule has 1 unspecified atom stereocenters. The van der Waals surface area contributed by atoms with Crippen LogP contribution in [0.5, 0.6) is 0 Å². The first-order valence-electron chi connectivity index (χ1n) is 7.33. The van der Waals surface area contributed by atoms with Crippen LogP contribution in [-0.4, -0.2) is 42.5 Å². The number of hydrogen-bond donors (Lipinski definition) is 1. The van der Waals surface area contributed by atoms with E-state index >= 15 is 0 Å². The van der Waals surface area contributed by atoms with Crippen molar-refractivity contribution in [2.24, 2.45) is 5.92 Å². The van der Waals surface area contributed by atoms with E-state index in [4.69, 9.17) is 0 Å². The van der Waals surface area contributed by atoms with Crippen LogP contribution in [0.2, 0.25) is 0 Å². The largest absolute Gasteiger partial charge is 0.337 e. The molecule has 0 aliphatic carbocycles. The molecule has 0 saturated carbocycles. The molecule has 1 N–H and O–H groups in total. The summed E-state index contributed by atoms with van der Waals surface area (Å²) in [4.78, 5) is 18.6. The van der Waals surface area contributed by atoms with Crippen molar-refractivity contribution in [3.05, 3.63) is 41.2 Å². The molecule has 4 nitrogen and oxygen atoms in total. The van der Waals surface area contributed by atoms with Crippen molar-refractivity contribution in [2.45, 2.75) is 6.42 Å². The van der Waals surface area contributed by atoms with E-state index in [9.17, 15) is 9.18 Å². The van der Waals surface area contributed by atoms with Crippen molar-refractivity contribution in [3.8, 4) is 10.6 Å². The molecule has 1 amide bonds. The van der Waals surface area contributed by atoms with Crippen LogP contribution in [0.15, 0.2) is 29.6 Å². The molecule has 3 rings (SSSR count). The van der Waals surface area contributed by atoms with E-state index in [0.29, 0.717) is 22.2 Å². The van der Waals surface area contributed by atoms with Gasteiger partial charge in [-0.25, -0.2) is 9.37 Å². The summed E-state index contributed by atoms with van der Waals surface area (Å²) in [7, 11) is 1.92. The number of nitrogens with one attached hydrogen (secondary N) is 1. The van der Waals surface area contributed by atoms with Crippen LogP contribution in [0.4, 0.5) is 4.39 Å². The number of aromatic nitrogens is 1. The van der Waals surface area contributed by atoms with E-state index < -0.39 is 0 Å². The Labute approximate surface area is 133 Å². The number of hydrogen-bond acceptors (Lipinski definition) is 4. The Morgan fingerprint density at radius 2 is 2.32 bits per heavy atom. The van der Waals surface area contributed by atoms with E-state index in [0.717, 1.165) is 26.1 Å². The maximum absolute atomic E-state index is 13.8. The Balaban J connectivity index is 1.74. The first-order chi connectivity index (χ1) is 10.7. The number of carbonyl (C=O) groups excluding carboxylic acids is 1. The zero-order valence-electron chi connectivity index (χ0n) is 12.4. The van der Waals surface area contributed by atoms with Gasteiger partial charge in [-0.3, -0.25) is 4.79 Å². The lowest BCUT2D eigenvalue weighted by Crippen LogP contribution is -2.30. The lowest BCUT2D eigenvalue weighted by atomic mass is 10.1. The number of rotatable bonds is 4. The normalized spacial score (nSPS) is 17.9. The van der Waals surface area contributed by atoms with Gasteiger partial charge >= 0.3 is 0 Å². The first kappa shape index (κ1) is 15.1. The summed E-state index contributed by atoms with van der Waals surface area (Å²) in [6.45, 7) is 2.44. The summed E-state index contributed by atoms with van der Waals surface area (Å²) >= 11 is 1.30. The Morgan fingerprint density at radius 3 is 3.09 bits per heavy atom. The second kappa shape index (κ2) is 6.54. The molecule has 2 heterocycles. The van der Waals surface area contributed by atoms with E-state index in [2.05, 4.69) is 10.3 Å². The maximum Gasteiger partial charge on any atom is 0.273 e. The van der Waals surface area contributed by atoms with Gasteiger partial charge in [0.05, 0.1) is 0 Å². The average molecular weight is 319 g/mol. The molecule has 1 fully saturated rings. The third kappa shape index (κ3) is 3.03. The highest BCUT2D eigenvalue weighted by Gasteiger charge is 2.27. The fraction of sp³-hybridized carbons (Fsp3) is 0.375. The molecular formula is C16H18FN3OS. The Hall–Kier alpha value is -1.79. The van der Waals surface area contributed by atoms with E-state index in [1.807, 2.05) is 11.9 Å². The number of thiazole rings is 1. The fourth-order valence-corrected chi connectivity index (χ4v) is 3.59. The summed E-state index contributed by atoms with van der Waals surface area (Å²) in [5.74, 6) is 0.127. The van der Waals surface area contributed by atoms with Crippen molar-refractivity contribution in [1.29, 1.82) is 0 Å². The smallest absolute Gasteiger partial charge is 0.273 e. The van der Waals surface area contributed by atoms with Crippen LogP contribution in [0.25, 0.3) is 10.6 Å². The number of amides is 1. The third-order valence-electron chi connectivity index (χ3n) is 3.89. The number of nitrogens with zero attached hydrogens (tertiary/aromatic N) is 2.